The van der Waals surface area contributed by atoms with Crippen molar-refractivity contribution in [3.8, 4) is 0 Å². The Morgan fingerprint density at radius 3 is 2.75 bits per heavy atom. The molecule has 7 nitrogen and oxygen atoms in total. The number of nitrogens with one attached hydrogen (secondary N) is 1. The van der Waals surface area contributed by atoms with Gasteiger partial charge in [0, 0.05) is 6.54 Å². The lowest BCUT2D eigenvalue weighted by Crippen LogP contribution is -2.54. The highest BCUT2D eigenvalue weighted by atomic mass is 16.4. The second-order valence-corrected chi connectivity index (χ2v) is 4.90. The standard InChI is InChI=1S/C13H18N4O3/c1-2-4-13(11(18)19)5-3-6-17(13)12(20)16-10-7-14-9-15-8-10/h7-9H,2-6H2,1H3,(H,16,20)(H,18,19). The van der Waals surface area contributed by atoms with Gasteiger partial charge in [0.15, 0.2) is 0 Å². The van der Waals surface area contributed by atoms with Crippen molar-refractivity contribution in [2.75, 3.05) is 11.9 Å². The van der Waals surface area contributed by atoms with Crippen LogP contribution >= 0.6 is 0 Å². The maximum absolute atomic E-state index is 12.3. The first-order valence-corrected chi connectivity index (χ1v) is 6.67. The van der Waals surface area contributed by atoms with E-state index in [1.807, 2.05) is 6.92 Å². The van der Waals surface area contributed by atoms with Crippen molar-refractivity contribution >= 4 is 17.7 Å². The number of aromatic nitrogens is 2. The van der Waals surface area contributed by atoms with Gasteiger partial charge in [0.25, 0.3) is 0 Å². The average Bonchev–Trinajstić information content (AvgIpc) is 2.85. The quantitative estimate of drug-likeness (QED) is 0.874. The van der Waals surface area contributed by atoms with Crippen LogP contribution in [0.15, 0.2) is 18.7 Å². The summed E-state index contributed by atoms with van der Waals surface area (Å²) in [5.74, 6) is -0.934. The summed E-state index contributed by atoms with van der Waals surface area (Å²) >= 11 is 0. The lowest BCUT2D eigenvalue weighted by molar-refractivity contribution is -0.148. The van der Waals surface area contributed by atoms with Gasteiger partial charge in [0.1, 0.15) is 11.9 Å². The third kappa shape index (κ3) is 2.56. The summed E-state index contributed by atoms with van der Waals surface area (Å²) in [6.45, 7) is 2.37. The summed E-state index contributed by atoms with van der Waals surface area (Å²) in [6, 6.07) is -0.409. The minimum Gasteiger partial charge on any atom is -0.479 e. The van der Waals surface area contributed by atoms with Gasteiger partial charge >= 0.3 is 12.0 Å². The predicted octanol–water partition coefficient (Wildman–Crippen LogP) is 1.73. The molecule has 1 aromatic heterocycles. The lowest BCUT2D eigenvalue weighted by Gasteiger charge is -2.34. The van der Waals surface area contributed by atoms with Crippen LogP contribution in [0.25, 0.3) is 0 Å². The maximum Gasteiger partial charge on any atom is 0.329 e. The molecule has 1 saturated heterocycles. The molecule has 1 atom stereocenters. The molecule has 0 saturated carbocycles. The summed E-state index contributed by atoms with van der Waals surface area (Å²) in [6.07, 6.45) is 6.68. The summed E-state index contributed by atoms with van der Waals surface area (Å²) in [4.78, 5) is 33.0. The zero-order valence-electron chi connectivity index (χ0n) is 11.4. The van der Waals surface area contributed by atoms with E-state index >= 15 is 0 Å². The molecule has 1 fully saturated rings. The van der Waals surface area contributed by atoms with E-state index in [1.165, 1.54) is 23.6 Å². The van der Waals surface area contributed by atoms with Crippen molar-refractivity contribution in [3.05, 3.63) is 18.7 Å². The molecule has 108 valence electrons. The number of aliphatic carboxylic acids is 1. The Bertz CT molecular complexity index is 494. The second-order valence-electron chi connectivity index (χ2n) is 4.90. The summed E-state index contributed by atoms with van der Waals surface area (Å²) in [5, 5.41) is 12.2. The van der Waals surface area contributed by atoms with Gasteiger partial charge in [-0.1, -0.05) is 13.3 Å². The third-order valence-electron chi connectivity index (χ3n) is 3.61. The average molecular weight is 278 g/mol. The largest absolute Gasteiger partial charge is 0.479 e. The van der Waals surface area contributed by atoms with E-state index < -0.39 is 17.5 Å². The number of carbonyl (C=O) groups is 2. The molecule has 0 aliphatic carbocycles. The van der Waals surface area contributed by atoms with Crippen molar-refractivity contribution in [3.63, 3.8) is 0 Å². The van der Waals surface area contributed by atoms with Crippen LogP contribution in [-0.2, 0) is 4.79 Å². The van der Waals surface area contributed by atoms with E-state index in [0.717, 1.165) is 0 Å². The molecule has 2 heterocycles. The first kappa shape index (κ1) is 14.2. The van der Waals surface area contributed by atoms with Gasteiger partial charge in [-0.15, -0.1) is 0 Å². The maximum atomic E-state index is 12.3. The normalized spacial score (nSPS) is 21.8. The number of hydrogen-bond donors (Lipinski definition) is 2. The molecule has 20 heavy (non-hydrogen) atoms. The van der Waals surface area contributed by atoms with Gasteiger partial charge in [0.05, 0.1) is 18.1 Å². The van der Waals surface area contributed by atoms with Crippen LogP contribution in [0.5, 0.6) is 0 Å². The van der Waals surface area contributed by atoms with Gasteiger partial charge in [0.2, 0.25) is 0 Å². The van der Waals surface area contributed by atoms with E-state index in [1.54, 1.807) is 0 Å². The molecule has 2 amide bonds. The van der Waals surface area contributed by atoms with Crippen LogP contribution < -0.4 is 5.32 Å². The molecule has 1 aliphatic rings. The molecule has 0 aromatic carbocycles. The molecule has 0 spiro atoms. The second kappa shape index (κ2) is 5.85. The number of carbonyl (C=O) groups excluding carboxylic acids is 1. The molecule has 7 heteroatoms. The summed E-state index contributed by atoms with van der Waals surface area (Å²) < 4.78 is 0. The number of amides is 2. The van der Waals surface area contributed by atoms with Crippen molar-refractivity contribution < 1.29 is 14.7 Å². The summed E-state index contributed by atoms with van der Waals surface area (Å²) in [7, 11) is 0. The fourth-order valence-corrected chi connectivity index (χ4v) is 2.73. The van der Waals surface area contributed by atoms with Crippen LogP contribution in [0.4, 0.5) is 10.5 Å². The molecule has 2 N–H and O–H groups in total. The number of urea groups is 1. The highest BCUT2D eigenvalue weighted by Crippen LogP contribution is 2.34. The van der Waals surface area contributed by atoms with Gasteiger partial charge in [-0.05, 0) is 19.3 Å². The first-order valence-electron chi connectivity index (χ1n) is 6.67. The first-order chi connectivity index (χ1) is 9.60. The SMILES string of the molecule is CCCC1(C(=O)O)CCCN1C(=O)Nc1cncnc1. The van der Waals surface area contributed by atoms with Crippen LogP contribution in [0.3, 0.4) is 0 Å². The topological polar surface area (TPSA) is 95.4 Å². The van der Waals surface area contributed by atoms with Gasteiger partial charge in [-0.25, -0.2) is 19.6 Å². The van der Waals surface area contributed by atoms with Crippen LogP contribution in [0.2, 0.25) is 0 Å². The number of rotatable bonds is 4. The van der Waals surface area contributed by atoms with Crippen LogP contribution in [0, 0.1) is 0 Å². The molecule has 1 aliphatic heterocycles. The third-order valence-corrected chi connectivity index (χ3v) is 3.61. The number of hydrogen-bond acceptors (Lipinski definition) is 4. The van der Waals surface area contributed by atoms with Crippen LogP contribution in [0.1, 0.15) is 32.6 Å². The fraction of sp³-hybridized carbons (Fsp3) is 0.538. The number of nitrogens with zero attached hydrogens (tertiary/aromatic N) is 3. The minimum absolute atomic E-state index is 0.409. The molecule has 1 unspecified atom stereocenters. The molecule has 1 aromatic rings. The van der Waals surface area contributed by atoms with Crippen LogP contribution in [-0.4, -0.2) is 44.1 Å². The Kier molecular flexibility index (Phi) is 4.16. The fourth-order valence-electron chi connectivity index (χ4n) is 2.73. The van der Waals surface area contributed by atoms with E-state index in [-0.39, 0.29) is 0 Å². The number of carboxylic acid groups (broad SMARTS) is 1. The van der Waals surface area contributed by atoms with Crippen molar-refractivity contribution in [2.24, 2.45) is 0 Å². The molecule has 2 rings (SSSR count). The minimum atomic E-state index is -1.09. The zero-order chi connectivity index (χ0) is 14.6. The smallest absolute Gasteiger partial charge is 0.329 e. The lowest BCUT2D eigenvalue weighted by atomic mass is 9.91. The molecular formula is C13H18N4O3. The van der Waals surface area contributed by atoms with Gasteiger partial charge < -0.3 is 15.3 Å². The van der Waals surface area contributed by atoms with Crippen molar-refractivity contribution in [1.82, 2.24) is 14.9 Å². The number of anilines is 1. The van der Waals surface area contributed by atoms with Gasteiger partial charge in [-0.3, -0.25) is 0 Å². The number of carboxylic acids is 1. The number of likely N-dealkylation sites (tertiary alicyclic amines) is 1. The highest BCUT2D eigenvalue weighted by molar-refractivity contribution is 5.94. The Balaban J connectivity index is 2.17. The summed E-state index contributed by atoms with van der Waals surface area (Å²) in [5.41, 5.74) is -0.630. The molecule has 0 radical (unpaired) electrons. The Morgan fingerprint density at radius 1 is 1.45 bits per heavy atom. The Hall–Kier alpha value is -2.18. The monoisotopic (exact) mass is 278 g/mol. The van der Waals surface area contributed by atoms with Crippen molar-refractivity contribution in [2.45, 2.75) is 38.1 Å². The van der Waals surface area contributed by atoms with Crippen molar-refractivity contribution in [1.29, 1.82) is 0 Å². The van der Waals surface area contributed by atoms with Gasteiger partial charge in [-0.2, -0.15) is 0 Å². The Morgan fingerprint density at radius 2 is 2.15 bits per heavy atom. The van der Waals surface area contributed by atoms with E-state index in [4.69, 9.17) is 0 Å². The van der Waals surface area contributed by atoms with E-state index in [0.29, 0.717) is 37.9 Å². The molecule has 0 bridgehead atoms. The van der Waals surface area contributed by atoms with E-state index in [2.05, 4.69) is 15.3 Å². The Labute approximate surface area is 117 Å². The van der Waals surface area contributed by atoms with E-state index in [9.17, 15) is 14.7 Å². The highest BCUT2D eigenvalue weighted by Gasteiger charge is 2.49. The zero-order valence-corrected chi connectivity index (χ0v) is 11.4. The molecular weight excluding hydrogens is 260 g/mol. The predicted molar refractivity (Wildman–Crippen MR) is 72.3 cm³/mol.